The summed E-state index contributed by atoms with van der Waals surface area (Å²) in [6.07, 6.45) is 5.03. The van der Waals surface area contributed by atoms with E-state index in [-0.39, 0.29) is 5.54 Å². The van der Waals surface area contributed by atoms with E-state index in [1.165, 1.54) is 16.5 Å². The van der Waals surface area contributed by atoms with Crippen molar-refractivity contribution >= 4 is 10.9 Å². The lowest BCUT2D eigenvalue weighted by Crippen LogP contribution is -2.43. The number of rotatable bonds is 10. The molecule has 1 aliphatic heterocycles. The van der Waals surface area contributed by atoms with E-state index in [1.807, 2.05) is 4.68 Å². The number of H-pyrrole nitrogens is 1. The van der Waals surface area contributed by atoms with Gasteiger partial charge in [0.25, 0.3) is 0 Å². The topological polar surface area (TPSA) is 83.9 Å². The predicted octanol–water partition coefficient (Wildman–Crippen LogP) is 2.33. The molecule has 0 spiro atoms. The Morgan fingerprint density at radius 3 is 2.87 bits per heavy atom. The van der Waals surface area contributed by atoms with Gasteiger partial charge in [-0.2, -0.15) is 0 Å². The molecular weight excluding hydrogens is 378 g/mol. The Bertz CT molecular complexity index is 930. The SMILES string of the molecule is CCC(C)(NCCc1c[nH]c2ccccc12)c1nnnn1CCCN1CCOCC1. The van der Waals surface area contributed by atoms with Crippen LogP contribution in [-0.4, -0.2) is 69.5 Å². The number of ether oxygens (including phenoxy) is 1. The number of tetrazole rings is 1. The minimum atomic E-state index is -0.255. The fraction of sp³-hybridized carbons (Fsp3) is 0.591. The number of aromatic nitrogens is 5. The first-order valence-electron chi connectivity index (χ1n) is 11.1. The summed E-state index contributed by atoms with van der Waals surface area (Å²) in [6, 6.07) is 8.45. The number of para-hydroxylation sites is 1. The van der Waals surface area contributed by atoms with Gasteiger partial charge in [-0.1, -0.05) is 25.1 Å². The fourth-order valence-electron chi connectivity index (χ4n) is 4.19. The summed E-state index contributed by atoms with van der Waals surface area (Å²) in [5.41, 5.74) is 2.27. The van der Waals surface area contributed by atoms with Gasteiger partial charge in [0.05, 0.1) is 18.8 Å². The summed E-state index contributed by atoms with van der Waals surface area (Å²) in [7, 11) is 0. The van der Waals surface area contributed by atoms with Gasteiger partial charge in [0.2, 0.25) is 0 Å². The van der Waals surface area contributed by atoms with Gasteiger partial charge in [-0.15, -0.1) is 5.10 Å². The molecule has 1 aromatic carbocycles. The van der Waals surface area contributed by atoms with Crippen molar-refractivity contribution in [3.8, 4) is 0 Å². The number of hydrogen-bond acceptors (Lipinski definition) is 6. The Morgan fingerprint density at radius 2 is 2.03 bits per heavy atom. The van der Waals surface area contributed by atoms with Crippen molar-refractivity contribution in [1.82, 2.24) is 35.4 Å². The molecule has 1 atom stereocenters. The monoisotopic (exact) mass is 411 g/mol. The number of nitrogens with one attached hydrogen (secondary N) is 2. The van der Waals surface area contributed by atoms with Crippen LogP contribution in [0, 0.1) is 0 Å². The van der Waals surface area contributed by atoms with Crippen molar-refractivity contribution in [3.63, 3.8) is 0 Å². The van der Waals surface area contributed by atoms with E-state index in [2.05, 4.69) is 75.0 Å². The van der Waals surface area contributed by atoms with Gasteiger partial charge < -0.3 is 15.0 Å². The van der Waals surface area contributed by atoms with Crippen molar-refractivity contribution in [2.24, 2.45) is 0 Å². The van der Waals surface area contributed by atoms with E-state index in [0.717, 1.165) is 71.0 Å². The van der Waals surface area contributed by atoms with Gasteiger partial charge in [0.15, 0.2) is 5.82 Å². The number of fused-ring (bicyclic) bond motifs is 1. The van der Waals surface area contributed by atoms with Crippen LogP contribution in [0.25, 0.3) is 10.9 Å². The van der Waals surface area contributed by atoms with Crippen LogP contribution < -0.4 is 5.32 Å². The molecule has 0 radical (unpaired) electrons. The van der Waals surface area contributed by atoms with E-state index in [1.54, 1.807) is 0 Å². The summed E-state index contributed by atoms with van der Waals surface area (Å²) < 4.78 is 7.40. The molecule has 1 unspecified atom stereocenters. The van der Waals surface area contributed by atoms with E-state index in [4.69, 9.17) is 4.74 Å². The smallest absolute Gasteiger partial charge is 0.171 e. The quantitative estimate of drug-likeness (QED) is 0.533. The molecule has 4 rings (SSSR count). The predicted molar refractivity (Wildman–Crippen MR) is 117 cm³/mol. The maximum atomic E-state index is 5.43. The molecule has 2 aromatic heterocycles. The van der Waals surface area contributed by atoms with Crippen molar-refractivity contribution < 1.29 is 4.74 Å². The number of benzene rings is 1. The molecular formula is C22H33N7O. The van der Waals surface area contributed by atoms with Crippen LogP contribution in [0.3, 0.4) is 0 Å². The van der Waals surface area contributed by atoms with Crippen LogP contribution in [0.1, 0.15) is 38.1 Å². The maximum Gasteiger partial charge on any atom is 0.171 e. The van der Waals surface area contributed by atoms with Crippen molar-refractivity contribution in [1.29, 1.82) is 0 Å². The van der Waals surface area contributed by atoms with Gasteiger partial charge in [-0.3, -0.25) is 4.90 Å². The average Bonchev–Trinajstić information content (AvgIpc) is 3.42. The number of morpholine rings is 1. The highest BCUT2D eigenvalue weighted by Gasteiger charge is 2.30. The van der Waals surface area contributed by atoms with Gasteiger partial charge in [-0.05, 0) is 48.2 Å². The number of nitrogens with zero attached hydrogens (tertiary/aromatic N) is 5. The summed E-state index contributed by atoms with van der Waals surface area (Å²) in [5.74, 6) is 0.922. The zero-order valence-corrected chi connectivity index (χ0v) is 18.1. The first-order valence-corrected chi connectivity index (χ1v) is 11.1. The molecule has 0 amide bonds. The second-order valence-corrected chi connectivity index (χ2v) is 8.26. The molecule has 0 aliphatic carbocycles. The largest absolute Gasteiger partial charge is 0.379 e. The van der Waals surface area contributed by atoms with Crippen LogP contribution in [-0.2, 0) is 23.2 Å². The van der Waals surface area contributed by atoms with Crippen LogP contribution in [0.5, 0.6) is 0 Å². The average molecular weight is 412 g/mol. The number of aryl methyl sites for hydroxylation is 1. The van der Waals surface area contributed by atoms with Crippen LogP contribution in [0.2, 0.25) is 0 Å². The highest BCUT2D eigenvalue weighted by molar-refractivity contribution is 5.83. The summed E-state index contributed by atoms with van der Waals surface area (Å²) in [6.45, 7) is 10.9. The number of hydrogen-bond donors (Lipinski definition) is 2. The second kappa shape index (κ2) is 9.68. The molecule has 1 aliphatic rings. The molecule has 8 heteroatoms. The Labute approximate surface area is 178 Å². The minimum absolute atomic E-state index is 0.255. The standard InChI is InChI=1S/C22H33N7O/c1-3-22(2,24-10-9-18-17-23-20-8-5-4-7-19(18)20)21-25-26-27-29(21)12-6-11-28-13-15-30-16-14-28/h4-5,7-8,17,23-24H,3,6,9-16H2,1-2H3. The van der Waals surface area contributed by atoms with E-state index >= 15 is 0 Å². The summed E-state index contributed by atoms with van der Waals surface area (Å²) >= 11 is 0. The molecule has 3 aromatic rings. The Morgan fingerprint density at radius 1 is 1.20 bits per heavy atom. The summed E-state index contributed by atoms with van der Waals surface area (Å²) in [5, 5.41) is 17.7. The third kappa shape index (κ3) is 4.71. The number of aromatic amines is 1. The van der Waals surface area contributed by atoms with Crippen molar-refractivity contribution in [3.05, 3.63) is 41.9 Å². The van der Waals surface area contributed by atoms with Crippen molar-refractivity contribution in [2.45, 2.75) is 45.2 Å². The Kier molecular flexibility index (Phi) is 6.76. The third-order valence-corrected chi connectivity index (χ3v) is 6.26. The van der Waals surface area contributed by atoms with Gasteiger partial charge in [0.1, 0.15) is 0 Å². The van der Waals surface area contributed by atoms with Gasteiger partial charge >= 0.3 is 0 Å². The van der Waals surface area contributed by atoms with E-state index in [0.29, 0.717) is 0 Å². The summed E-state index contributed by atoms with van der Waals surface area (Å²) in [4.78, 5) is 5.81. The second-order valence-electron chi connectivity index (χ2n) is 8.26. The molecule has 1 fully saturated rings. The molecule has 30 heavy (non-hydrogen) atoms. The highest BCUT2D eigenvalue weighted by atomic mass is 16.5. The lowest BCUT2D eigenvalue weighted by Gasteiger charge is -2.29. The highest BCUT2D eigenvalue weighted by Crippen LogP contribution is 2.23. The molecule has 0 saturated carbocycles. The molecule has 3 heterocycles. The minimum Gasteiger partial charge on any atom is -0.379 e. The zero-order valence-electron chi connectivity index (χ0n) is 18.1. The normalized spacial score (nSPS) is 17.4. The lowest BCUT2D eigenvalue weighted by atomic mass is 9.97. The molecule has 1 saturated heterocycles. The molecule has 8 nitrogen and oxygen atoms in total. The van der Waals surface area contributed by atoms with Crippen LogP contribution >= 0.6 is 0 Å². The van der Waals surface area contributed by atoms with Gasteiger partial charge in [-0.25, -0.2) is 4.68 Å². The van der Waals surface area contributed by atoms with Gasteiger partial charge in [0, 0.05) is 49.8 Å². The Balaban J connectivity index is 1.34. The van der Waals surface area contributed by atoms with E-state index in [9.17, 15) is 0 Å². The van der Waals surface area contributed by atoms with E-state index < -0.39 is 0 Å². The first-order chi connectivity index (χ1) is 14.7. The molecule has 0 bridgehead atoms. The molecule has 162 valence electrons. The maximum absolute atomic E-state index is 5.43. The fourth-order valence-corrected chi connectivity index (χ4v) is 4.19. The Hall–Kier alpha value is -2.29. The molecule has 2 N–H and O–H groups in total. The first kappa shape index (κ1) is 21.0. The zero-order chi connectivity index (χ0) is 20.8. The van der Waals surface area contributed by atoms with Crippen LogP contribution in [0.15, 0.2) is 30.5 Å². The van der Waals surface area contributed by atoms with Crippen molar-refractivity contribution in [2.75, 3.05) is 39.4 Å². The van der Waals surface area contributed by atoms with Crippen LogP contribution in [0.4, 0.5) is 0 Å². The lowest BCUT2D eigenvalue weighted by molar-refractivity contribution is 0.0367. The third-order valence-electron chi connectivity index (χ3n) is 6.26.